The molecule has 0 atom stereocenters. The molecule has 0 unspecified atom stereocenters. The van der Waals surface area contributed by atoms with Crippen LogP contribution in [0.15, 0.2) is 6.07 Å². The number of esters is 1. The molecule has 1 aliphatic rings. The van der Waals surface area contributed by atoms with E-state index in [1.54, 1.807) is 0 Å². The van der Waals surface area contributed by atoms with E-state index in [2.05, 4.69) is 37.9 Å². The van der Waals surface area contributed by atoms with Crippen molar-refractivity contribution in [1.29, 1.82) is 0 Å². The van der Waals surface area contributed by atoms with E-state index in [0.717, 1.165) is 36.2 Å². The number of aliphatic hydroxyl groups excluding tert-OH is 1. The van der Waals surface area contributed by atoms with Gasteiger partial charge in [-0.15, -0.1) is 11.3 Å². The highest BCUT2D eigenvalue weighted by molar-refractivity contribution is 7.15. The number of hydrogen-bond acceptors (Lipinski definition) is 5. The monoisotopic (exact) mass is 335 g/mol. The average Bonchev–Trinajstić information content (AvgIpc) is 2.89. The topological polar surface area (TPSA) is 58.6 Å². The minimum absolute atomic E-state index is 0.0808. The van der Waals surface area contributed by atoms with Crippen molar-refractivity contribution in [2.45, 2.75) is 58.6 Å². The van der Waals surface area contributed by atoms with Crippen LogP contribution in [0, 0.1) is 17.3 Å². The Morgan fingerprint density at radius 1 is 1.35 bits per heavy atom. The van der Waals surface area contributed by atoms with Crippen molar-refractivity contribution < 1.29 is 14.6 Å². The van der Waals surface area contributed by atoms with Gasteiger partial charge in [0.05, 0.1) is 23.8 Å². The van der Waals surface area contributed by atoms with Gasteiger partial charge in [-0.2, -0.15) is 0 Å². The molecule has 23 heavy (non-hydrogen) atoms. The number of aliphatic hydroxyl groups is 1. The van der Waals surface area contributed by atoms with Crippen LogP contribution in [-0.2, 0) is 4.74 Å². The minimum Gasteiger partial charge on any atom is -0.465 e. The van der Waals surface area contributed by atoms with Gasteiger partial charge in [-0.1, -0.05) is 11.8 Å². The first-order valence-electron chi connectivity index (χ1n) is 7.98. The van der Waals surface area contributed by atoms with E-state index in [1.165, 1.54) is 18.4 Å². The predicted molar refractivity (Wildman–Crippen MR) is 93.9 cm³/mol. The Balaban J connectivity index is 2.20. The zero-order chi connectivity index (χ0) is 17.0. The molecule has 1 aromatic heterocycles. The van der Waals surface area contributed by atoms with E-state index in [0.29, 0.717) is 4.88 Å². The molecule has 1 saturated carbocycles. The van der Waals surface area contributed by atoms with Crippen LogP contribution >= 0.6 is 11.3 Å². The molecule has 0 amide bonds. The van der Waals surface area contributed by atoms with Gasteiger partial charge in [0, 0.05) is 11.5 Å². The van der Waals surface area contributed by atoms with Crippen LogP contribution in [0.1, 0.15) is 61.0 Å². The fourth-order valence-electron chi connectivity index (χ4n) is 2.49. The third kappa shape index (κ3) is 5.26. The molecule has 0 spiro atoms. The summed E-state index contributed by atoms with van der Waals surface area (Å²) in [6, 6.07) is 2.21. The largest absolute Gasteiger partial charge is 0.465 e. The van der Waals surface area contributed by atoms with Gasteiger partial charge in [0.25, 0.3) is 0 Å². The van der Waals surface area contributed by atoms with E-state index in [9.17, 15) is 9.90 Å². The SMILES string of the molecule is COC(=O)c1sc(C#CC(C)(C)C)cc1NC1CCC(O)CC1. The maximum atomic E-state index is 12.0. The Hall–Kier alpha value is -1.51. The standard InChI is InChI=1S/C18H25NO3S/c1-18(2,3)10-9-14-11-15(16(23-14)17(21)22-4)19-12-5-7-13(20)8-6-12/h11-13,19-20H,5-8H2,1-4H3. The molecule has 0 radical (unpaired) electrons. The quantitative estimate of drug-likeness (QED) is 0.654. The molecule has 126 valence electrons. The second-order valence-corrected chi connectivity index (χ2v) is 8.05. The lowest BCUT2D eigenvalue weighted by molar-refractivity contribution is 0.0607. The van der Waals surface area contributed by atoms with Crippen LogP contribution in [0.3, 0.4) is 0 Å². The van der Waals surface area contributed by atoms with Crippen LogP contribution in [0.2, 0.25) is 0 Å². The highest BCUT2D eigenvalue weighted by Gasteiger charge is 2.23. The third-order valence-electron chi connectivity index (χ3n) is 3.72. The summed E-state index contributed by atoms with van der Waals surface area (Å²) in [5.41, 5.74) is 0.712. The van der Waals surface area contributed by atoms with Crippen molar-refractivity contribution in [3.05, 3.63) is 15.8 Å². The number of ether oxygens (including phenoxy) is 1. The molecule has 5 heteroatoms. The molecule has 0 saturated heterocycles. The second-order valence-electron chi connectivity index (χ2n) is 6.99. The van der Waals surface area contributed by atoms with Crippen molar-refractivity contribution >= 4 is 23.0 Å². The van der Waals surface area contributed by atoms with Crippen molar-refractivity contribution in [1.82, 2.24) is 0 Å². The molecule has 0 aliphatic heterocycles. The van der Waals surface area contributed by atoms with Crippen molar-refractivity contribution in [2.24, 2.45) is 5.41 Å². The first kappa shape index (κ1) is 17.8. The van der Waals surface area contributed by atoms with Crippen LogP contribution in [0.5, 0.6) is 0 Å². The van der Waals surface area contributed by atoms with E-state index in [1.807, 2.05) is 6.07 Å². The van der Waals surface area contributed by atoms with E-state index < -0.39 is 0 Å². The predicted octanol–water partition coefficient (Wildman–Crippen LogP) is 3.65. The highest BCUT2D eigenvalue weighted by Crippen LogP contribution is 2.31. The highest BCUT2D eigenvalue weighted by atomic mass is 32.1. The lowest BCUT2D eigenvalue weighted by Gasteiger charge is -2.26. The first-order valence-corrected chi connectivity index (χ1v) is 8.80. The number of nitrogens with one attached hydrogen (secondary N) is 1. The maximum Gasteiger partial charge on any atom is 0.350 e. The molecule has 1 heterocycles. The Kier molecular flexibility index (Phi) is 5.72. The normalized spacial score (nSPS) is 21.3. The zero-order valence-corrected chi connectivity index (χ0v) is 15.0. The number of rotatable bonds is 3. The summed E-state index contributed by atoms with van der Waals surface area (Å²) >= 11 is 1.36. The summed E-state index contributed by atoms with van der Waals surface area (Å²) in [5.74, 6) is 6.01. The van der Waals surface area contributed by atoms with Crippen molar-refractivity contribution in [3.8, 4) is 11.8 Å². The molecule has 2 N–H and O–H groups in total. The van der Waals surface area contributed by atoms with Gasteiger partial charge in [-0.05, 0) is 52.5 Å². The van der Waals surface area contributed by atoms with Crippen LogP contribution < -0.4 is 5.32 Å². The summed E-state index contributed by atoms with van der Waals surface area (Å²) < 4.78 is 4.89. The van der Waals surface area contributed by atoms with Gasteiger partial charge in [-0.3, -0.25) is 0 Å². The van der Waals surface area contributed by atoms with Crippen LogP contribution in [-0.4, -0.2) is 30.3 Å². The Bertz CT molecular complexity index is 610. The lowest BCUT2D eigenvalue weighted by Crippen LogP contribution is -2.28. The molecular weight excluding hydrogens is 310 g/mol. The number of hydrogen-bond donors (Lipinski definition) is 2. The molecule has 0 aromatic carbocycles. The Morgan fingerprint density at radius 2 is 2.00 bits per heavy atom. The molecule has 1 fully saturated rings. The van der Waals surface area contributed by atoms with Gasteiger partial charge in [-0.25, -0.2) is 4.79 Å². The maximum absolute atomic E-state index is 12.0. The average molecular weight is 335 g/mol. The van der Waals surface area contributed by atoms with Gasteiger partial charge >= 0.3 is 5.97 Å². The van der Waals surface area contributed by atoms with Crippen molar-refractivity contribution in [2.75, 3.05) is 12.4 Å². The van der Waals surface area contributed by atoms with Crippen molar-refractivity contribution in [3.63, 3.8) is 0 Å². The fourth-order valence-corrected chi connectivity index (χ4v) is 3.39. The van der Waals surface area contributed by atoms with Gasteiger partial charge in [0.2, 0.25) is 0 Å². The third-order valence-corrected chi connectivity index (χ3v) is 4.75. The first-order chi connectivity index (χ1) is 10.8. The number of anilines is 1. The number of carbonyl (C=O) groups is 1. The second kappa shape index (κ2) is 7.37. The molecular formula is C18H25NO3S. The van der Waals surface area contributed by atoms with Gasteiger partial charge in [0.1, 0.15) is 4.88 Å². The van der Waals surface area contributed by atoms with Crippen LogP contribution in [0.4, 0.5) is 5.69 Å². The molecule has 4 nitrogen and oxygen atoms in total. The van der Waals surface area contributed by atoms with E-state index >= 15 is 0 Å². The number of carbonyl (C=O) groups excluding carboxylic acids is 1. The molecule has 1 aromatic rings. The molecule has 0 bridgehead atoms. The molecule has 1 aliphatic carbocycles. The summed E-state index contributed by atoms with van der Waals surface area (Å²) in [6.45, 7) is 6.17. The van der Waals surface area contributed by atoms with E-state index in [4.69, 9.17) is 4.74 Å². The Morgan fingerprint density at radius 3 is 2.57 bits per heavy atom. The Labute approximate surface area is 142 Å². The summed E-state index contributed by atoms with van der Waals surface area (Å²) in [6.07, 6.45) is 3.21. The smallest absolute Gasteiger partial charge is 0.350 e. The molecule has 2 rings (SSSR count). The lowest BCUT2D eigenvalue weighted by atomic mass is 9.93. The summed E-state index contributed by atoms with van der Waals surface area (Å²) in [7, 11) is 1.39. The number of methoxy groups -OCH3 is 1. The van der Waals surface area contributed by atoms with Gasteiger partial charge in [0.15, 0.2) is 0 Å². The minimum atomic E-state index is -0.336. The van der Waals surface area contributed by atoms with Gasteiger partial charge < -0.3 is 15.2 Å². The van der Waals surface area contributed by atoms with Crippen LogP contribution in [0.25, 0.3) is 0 Å². The van der Waals surface area contributed by atoms with E-state index in [-0.39, 0.29) is 23.5 Å². The zero-order valence-electron chi connectivity index (χ0n) is 14.2. The number of thiophene rings is 1. The fraction of sp³-hybridized carbons (Fsp3) is 0.611. The summed E-state index contributed by atoms with van der Waals surface area (Å²) in [4.78, 5) is 13.4. The summed E-state index contributed by atoms with van der Waals surface area (Å²) in [5, 5.41) is 13.0.